The van der Waals surface area contributed by atoms with E-state index in [0.29, 0.717) is 6.54 Å². The first kappa shape index (κ1) is 36.7. The van der Waals surface area contributed by atoms with E-state index in [1.54, 1.807) is 18.9 Å². The summed E-state index contributed by atoms with van der Waals surface area (Å²) in [5.74, 6) is -2.43. The van der Waals surface area contributed by atoms with Gasteiger partial charge < -0.3 is 30.9 Å². The van der Waals surface area contributed by atoms with Gasteiger partial charge in [0.15, 0.2) is 0 Å². The Bertz CT molecular complexity index is 1290. The molecule has 2 unspecified atom stereocenters. The maximum Gasteiger partial charge on any atom is 0.315 e. The van der Waals surface area contributed by atoms with Crippen LogP contribution in [0.15, 0.2) is 43.0 Å². The van der Waals surface area contributed by atoms with Crippen molar-refractivity contribution in [3.05, 3.63) is 48.6 Å². The number of benzene rings is 1. The van der Waals surface area contributed by atoms with Crippen molar-refractivity contribution in [1.29, 1.82) is 0 Å². The molecule has 11 nitrogen and oxygen atoms in total. The molecule has 1 saturated carbocycles. The molecular formula is C35H53N5O6. The van der Waals surface area contributed by atoms with Crippen LogP contribution in [0.2, 0.25) is 0 Å². The first-order valence-corrected chi connectivity index (χ1v) is 16.2. The summed E-state index contributed by atoms with van der Waals surface area (Å²) in [6.07, 6.45) is 1.26. The van der Waals surface area contributed by atoms with Gasteiger partial charge in [0.1, 0.15) is 18.2 Å². The number of piperidine rings is 1. The van der Waals surface area contributed by atoms with E-state index in [9.17, 15) is 24.0 Å². The van der Waals surface area contributed by atoms with E-state index in [2.05, 4.69) is 41.7 Å². The van der Waals surface area contributed by atoms with Gasteiger partial charge in [-0.1, -0.05) is 91.8 Å². The minimum Gasteiger partial charge on any atom is -0.375 e. The number of carbonyl (C=O) groups excluding carboxylic acids is 5. The molecule has 11 heteroatoms. The van der Waals surface area contributed by atoms with Gasteiger partial charge in [0.25, 0.3) is 5.91 Å². The highest BCUT2D eigenvalue weighted by atomic mass is 16.5. The quantitative estimate of drug-likeness (QED) is 0.181. The molecule has 7 atom stereocenters. The molecule has 3 rings (SSSR count). The molecule has 46 heavy (non-hydrogen) atoms. The van der Waals surface area contributed by atoms with Gasteiger partial charge in [0, 0.05) is 20.2 Å². The largest absolute Gasteiger partial charge is 0.375 e. The molecule has 0 bridgehead atoms. The molecule has 4 N–H and O–H groups in total. The lowest BCUT2D eigenvalue weighted by atomic mass is 9.85. The zero-order valence-electron chi connectivity index (χ0n) is 28.8. The number of nitrogens with one attached hydrogen (secondary N) is 4. The first-order valence-electron chi connectivity index (χ1n) is 16.2. The van der Waals surface area contributed by atoms with Crippen LogP contribution in [-0.2, 0) is 23.9 Å². The van der Waals surface area contributed by atoms with E-state index >= 15 is 0 Å². The number of hydrogen-bond acceptors (Lipinski definition) is 6. The summed E-state index contributed by atoms with van der Waals surface area (Å²) in [6.45, 7) is 19.4. The van der Waals surface area contributed by atoms with E-state index in [1.165, 1.54) is 6.08 Å². The lowest BCUT2D eigenvalue weighted by Gasteiger charge is -2.38. The summed E-state index contributed by atoms with van der Waals surface area (Å²) in [7, 11) is 1.60. The molecule has 5 amide bonds. The number of ether oxygens (including phenoxy) is 1. The number of fused-ring (bicyclic) bond motifs is 1. The molecule has 1 heterocycles. The van der Waals surface area contributed by atoms with Crippen molar-refractivity contribution in [2.45, 2.75) is 92.1 Å². The maximum absolute atomic E-state index is 14.3. The highest BCUT2D eigenvalue weighted by Gasteiger charge is 2.70. The zero-order chi connectivity index (χ0) is 34.6. The van der Waals surface area contributed by atoms with Gasteiger partial charge in [-0.15, -0.1) is 6.58 Å². The second-order valence-corrected chi connectivity index (χ2v) is 14.5. The molecule has 1 aliphatic heterocycles. The van der Waals surface area contributed by atoms with Crippen molar-refractivity contribution in [3.63, 3.8) is 0 Å². The Kier molecular flexibility index (Phi) is 11.8. The molecule has 2 fully saturated rings. The van der Waals surface area contributed by atoms with Crippen LogP contribution in [0.5, 0.6) is 0 Å². The van der Waals surface area contributed by atoms with Crippen molar-refractivity contribution in [3.8, 4) is 0 Å². The minimum atomic E-state index is -1.04. The maximum atomic E-state index is 14.3. The predicted octanol–water partition coefficient (Wildman–Crippen LogP) is 3.36. The Morgan fingerprint density at radius 2 is 1.70 bits per heavy atom. The van der Waals surface area contributed by atoms with Gasteiger partial charge in [-0.25, -0.2) is 4.79 Å². The average Bonchev–Trinajstić information content (AvgIpc) is 3.31. The summed E-state index contributed by atoms with van der Waals surface area (Å²) < 4.78 is 5.81. The van der Waals surface area contributed by atoms with Gasteiger partial charge >= 0.3 is 6.03 Å². The average molecular weight is 640 g/mol. The molecule has 0 spiro atoms. The van der Waals surface area contributed by atoms with Crippen molar-refractivity contribution in [1.82, 2.24) is 26.2 Å². The van der Waals surface area contributed by atoms with Crippen LogP contribution < -0.4 is 21.3 Å². The third kappa shape index (κ3) is 7.97. The van der Waals surface area contributed by atoms with Crippen molar-refractivity contribution in [2.75, 3.05) is 20.2 Å². The standard InChI is InChI=1S/C35H53N5O6/c1-11-18-36-31(43)27(41)23(12-2)37-30(42)26-24-22(35(24,8)9)19-40(26)32(44)29(34(5,6)7)39-33(45)38-25(20(3)4)28(46-10)21-16-14-13-15-17-21/h11,13-17,20,22-26,28-29H,1,12,18-19H2,2-10H3,(H,36,43)(H,37,42)(H2,38,39,45)/t22-,23?,24-,25?,26-,28+,29+/m0/s1. The van der Waals surface area contributed by atoms with Gasteiger partial charge in [0.2, 0.25) is 17.6 Å². The molecule has 1 aliphatic carbocycles. The van der Waals surface area contributed by atoms with E-state index in [0.717, 1.165) is 5.56 Å². The number of nitrogens with zero attached hydrogens (tertiary/aromatic N) is 1. The number of Topliss-reactive ketones (excluding diaryl/α,β-unsaturated/α-hetero) is 1. The normalized spacial score (nSPS) is 22.5. The number of amides is 5. The van der Waals surface area contributed by atoms with Crippen LogP contribution in [0, 0.1) is 28.6 Å². The molecule has 254 valence electrons. The number of rotatable bonds is 14. The fourth-order valence-electron chi connectivity index (χ4n) is 6.70. The van der Waals surface area contributed by atoms with Crippen molar-refractivity contribution >= 4 is 29.5 Å². The smallest absolute Gasteiger partial charge is 0.315 e. The van der Waals surface area contributed by atoms with Crippen molar-refractivity contribution in [2.24, 2.45) is 28.6 Å². The van der Waals surface area contributed by atoms with Crippen LogP contribution in [0.3, 0.4) is 0 Å². The zero-order valence-corrected chi connectivity index (χ0v) is 28.8. The Morgan fingerprint density at radius 3 is 2.22 bits per heavy atom. The van der Waals surface area contributed by atoms with Crippen LogP contribution in [-0.4, -0.2) is 78.8 Å². The molecule has 1 aromatic rings. The number of likely N-dealkylation sites (tertiary alicyclic amines) is 1. The predicted molar refractivity (Wildman–Crippen MR) is 176 cm³/mol. The van der Waals surface area contributed by atoms with Gasteiger partial charge in [-0.05, 0) is 40.6 Å². The number of methoxy groups -OCH3 is 1. The van der Waals surface area contributed by atoms with Crippen LogP contribution in [0.25, 0.3) is 0 Å². The van der Waals surface area contributed by atoms with E-state index in [-0.39, 0.29) is 42.0 Å². The summed E-state index contributed by atoms with van der Waals surface area (Å²) >= 11 is 0. The van der Waals surface area contributed by atoms with E-state index in [1.807, 2.05) is 65.0 Å². The monoisotopic (exact) mass is 639 g/mol. The summed E-state index contributed by atoms with van der Waals surface area (Å²) in [6, 6.07) is 5.88. The van der Waals surface area contributed by atoms with Crippen molar-refractivity contribution < 1.29 is 28.7 Å². The Balaban J connectivity index is 1.82. The molecule has 1 saturated heterocycles. The summed E-state index contributed by atoms with van der Waals surface area (Å²) in [5.41, 5.74) is 0.0450. The topological polar surface area (TPSA) is 146 Å². The number of ketones is 1. The highest BCUT2D eigenvalue weighted by molar-refractivity contribution is 6.38. The number of hydrogen-bond donors (Lipinski definition) is 4. The third-order valence-corrected chi connectivity index (χ3v) is 9.54. The molecule has 0 radical (unpaired) electrons. The van der Waals surface area contributed by atoms with Crippen LogP contribution >= 0.6 is 0 Å². The second kappa shape index (κ2) is 14.8. The molecular weight excluding hydrogens is 586 g/mol. The summed E-state index contributed by atoms with van der Waals surface area (Å²) in [5, 5.41) is 11.2. The van der Waals surface area contributed by atoms with Gasteiger partial charge in [-0.3, -0.25) is 19.2 Å². The SMILES string of the molecule is C=CCNC(=O)C(=O)C(CC)NC(=O)[C@@H]1[C@@H]2[C@H](CN1C(=O)[C@@H](NC(=O)NC(C(C)C)[C@H](OC)c1ccccc1)C(C)(C)C)C2(C)C. The lowest BCUT2D eigenvalue weighted by molar-refractivity contribution is -0.145. The molecule has 1 aromatic carbocycles. The lowest BCUT2D eigenvalue weighted by Crippen LogP contribution is -2.62. The fourth-order valence-corrected chi connectivity index (χ4v) is 6.70. The Morgan fingerprint density at radius 1 is 1.07 bits per heavy atom. The molecule has 0 aromatic heterocycles. The first-order chi connectivity index (χ1) is 21.5. The second-order valence-electron chi connectivity index (χ2n) is 14.5. The number of urea groups is 1. The van der Waals surface area contributed by atoms with Crippen LogP contribution in [0.4, 0.5) is 4.79 Å². The minimum absolute atomic E-state index is 0.00812. The van der Waals surface area contributed by atoms with Gasteiger partial charge in [0.05, 0.1) is 12.1 Å². The van der Waals surface area contributed by atoms with Crippen LogP contribution in [0.1, 0.15) is 73.5 Å². The third-order valence-electron chi connectivity index (χ3n) is 9.54. The fraction of sp³-hybridized carbons (Fsp3) is 0.629. The number of carbonyl (C=O) groups is 5. The van der Waals surface area contributed by atoms with Gasteiger partial charge in [-0.2, -0.15) is 0 Å². The molecule has 2 aliphatic rings. The van der Waals surface area contributed by atoms with E-state index in [4.69, 9.17) is 4.74 Å². The Labute approximate surface area is 273 Å². The Hall–Kier alpha value is -3.73. The summed E-state index contributed by atoms with van der Waals surface area (Å²) in [4.78, 5) is 68.4. The van der Waals surface area contributed by atoms with E-state index < -0.39 is 59.3 Å². The highest BCUT2D eigenvalue weighted by Crippen LogP contribution is 2.65.